The lowest BCUT2D eigenvalue weighted by Crippen LogP contribution is -2.49. The third kappa shape index (κ3) is 4.17. The Morgan fingerprint density at radius 1 is 1.09 bits per heavy atom. The van der Waals surface area contributed by atoms with Crippen LogP contribution in [0.1, 0.15) is 43.4 Å². The van der Waals surface area contributed by atoms with Crippen LogP contribution in [0.15, 0.2) is 53.7 Å². The van der Waals surface area contributed by atoms with Gasteiger partial charge < -0.3 is 24.4 Å². The molecule has 1 unspecified atom stereocenters. The van der Waals surface area contributed by atoms with Crippen LogP contribution in [0.2, 0.25) is 0 Å². The van der Waals surface area contributed by atoms with Crippen LogP contribution in [0.5, 0.6) is 17.2 Å². The van der Waals surface area contributed by atoms with Gasteiger partial charge in [0.15, 0.2) is 22.4 Å². The minimum Gasteiger partial charge on any atom is -0.493 e. The Hall–Kier alpha value is -3.06. The summed E-state index contributed by atoms with van der Waals surface area (Å²) < 4.78 is 17.4. The van der Waals surface area contributed by atoms with Gasteiger partial charge in [0.05, 0.1) is 20.3 Å². The summed E-state index contributed by atoms with van der Waals surface area (Å²) in [5.74, 6) is 1.78. The second-order valence-corrected chi connectivity index (χ2v) is 8.18. The van der Waals surface area contributed by atoms with Gasteiger partial charge in [0.2, 0.25) is 5.75 Å². The van der Waals surface area contributed by atoms with Crippen LogP contribution < -0.4 is 19.5 Å². The highest BCUT2D eigenvalue weighted by Crippen LogP contribution is 2.44. The number of thiocarbonyl (C=S) groups is 1. The molecule has 4 rings (SSSR count). The van der Waals surface area contributed by atoms with E-state index in [1.807, 2.05) is 54.3 Å². The average Bonchev–Trinajstić information content (AvgIpc) is 2.82. The summed E-state index contributed by atoms with van der Waals surface area (Å²) in [7, 11) is 3.20. The number of rotatable bonds is 7. The monoisotopic (exact) mass is 452 g/mol. The summed E-state index contributed by atoms with van der Waals surface area (Å²) >= 11 is 5.64. The fraction of sp³-hybridized carbons (Fsp3) is 0.360. The molecule has 168 valence electrons. The van der Waals surface area contributed by atoms with Crippen LogP contribution in [0.4, 0.5) is 0 Å². The lowest BCUT2D eigenvalue weighted by atomic mass is 9.84. The van der Waals surface area contributed by atoms with E-state index >= 15 is 0 Å². The van der Waals surface area contributed by atoms with Gasteiger partial charge in [-0.15, -0.1) is 0 Å². The van der Waals surface area contributed by atoms with E-state index in [0.29, 0.717) is 35.4 Å². The molecule has 0 saturated heterocycles. The Bertz CT molecular complexity index is 1030. The van der Waals surface area contributed by atoms with E-state index in [4.69, 9.17) is 26.4 Å². The molecule has 0 fully saturated rings. The minimum absolute atomic E-state index is 0.159. The number of nitrogens with one attached hydrogen (secondary N) is 1. The first-order valence-corrected chi connectivity index (χ1v) is 11.2. The van der Waals surface area contributed by atoms with Crippen LogP contribution in [0, 0.1) is 0 Å². The van der Waals surface area contributed by atoms with Crippen molar-refractivity contribution in [1.29, 1.82) is 0 Å². The molecule has 0 radical (unpaired) electrons. The zero-order valence-corrected chi connectivity index (χ0v) is 19.5. The third-order valence-corrected chi connectivity index (χ3v) is 6.25. The van der Waals surface area contributed by atoms with E-state index in [0.717, 1.165) is 41.8 Å². The number of carbonyl (C=O) groups excluding carboxylic acids is 1. The molecule has 0 saturated carbocycles. The maximum Gasteiger partial charge on any atom is 0.203 e. The third-order valence-electron chi connectivity index (χ3n) is 5.91. The molecular formula is C25H28N2O4S. The van der Waals surface area contributed by atoms with Crippen molar-refractivity contribution < 1.29 is 19.0 Å². The molecular weight excluding hydrogens is 424 g/mol. The molecule has 1 aliphatic heterocycles. The van der Waals surface area contributed by atoms with Gasteiger partial charge in [-0.05, 0) is 55.2 Å². The highest BCUT2D eigenvalue weighted by atomic mass is 32.1. The van der Waals surface area contributed by atoms with Gasteiger partial charge in [0.25, 0.3) is 0 Å². The number of ether oxygens (including phenoxy) is 3. The van der Waals surface area contributed by atoms with Gasteiger partial charge in [-0.1, -0.05) is 30.3 Å². The summed E-state index contributed by atoms with van der Waals surface area (Å²) in [5, 5.41) is 4.00. The van der Waals surface area contributed by atoms with Gasteiger partial charge in [-0.3, -0.25) is 4.79 Å². The number of allylic oxidation sites excluding steroid dienone is 1. The first kappa shape index (κ1) is 22.1. The topological polar surface area (TPSA) is 60.0 Å². The van der Waals surface area contributed by atoms with Gasteiger partial charge >= 0.3 is 0 Å². The maximum absolute atomic E-state index is 13.0. The molecule has 0 amide bonds. The molecule has 2 aromatic carbocycles. The Balaban J connectivity index is 1.73. The van der Waals surface area contributed by atoms with Crippen molar-refractivity contribution in [3.05, 3.63) is 64.9 Å². The molecule has 2 aromatic rings. The van der Waals surface area contributed by atoms with Crippen LogP contribution in [-0.4, -0.2) is 36.6 Å². The quantitative estimate of drug-likeness (QED) is 0.619. The van der Waals surface area contributed by atoms with Crippen LogP contribution in [0.3, 0.4) is 0 Å². The molecule has 0 bridgehead atoms. The van der Waals surface area contributed by atoms with Crippen molar-refractivity contribution in [3.63, 3.8) is 0 Å². The van der Waals surface area contributed by atoms with Crippen LogP contribution in [-0.2, 0) is 11.4 Å². The van der Waals surface area contributed by atoms with E-state index in [-0.39, 0.29) is 11.8 Å². The predicted molar refractivity (Wildman–Crippen MR) is 127 cm³/mol. The van der Waals surface area contributed by atoms with E-state index in [1.54, 1.807) is 14.2 Å². The summed E-state index contributed by atoms with van der Waals surface area (Å²) in [6, 6.07) is 13.4. The van der Waals surface area contributed by atoms with E-state index < -0.39 is 0 Å². The van der Waals surface area contributed by atoms with Crippen molar-refractivity contribution in [2.24, 2.45) is 0 Å². The second-order valence-electron chi connectivity index (χ2n) is 7.79. The van der Waals surface area contributed by atoms with Crippen molar-refractivity contribution in [2.75, 3.05) is 20.8 Å². The molecule has 2 aliphatic rings. The average molecular weight is 453 g/mol. The Morgan fingerprint density at radius 2 is 1.78 bits per heavy atom. The standard InChI is InChI=1S/C25H28N2O4S/c1-4-27-18-11-8-12-19(28)22(18)23(26-25(27)32)17-13-20(29-2)24(21(14-17)30-3)31-15-16-9-6-5-7-10-16/h5-7,9-10,13-14,23H,4,8,11-12,15H2,1-3H3,(H,26,32). The van der Waals surface area contributed by atoms with E-state index in [1.165, 1.54) is 0 Å². The Kier molecular flexibility index (Phi) is 6.65. The van der Waals surface area contributed by atoms with Crippen molar-refractivity contribution >= 4 is 23.1 Å². The number of methoxy groups -OCH3 is 2. The van der Waals surface area contributed by atoms with Gasteiger partial charge in [0, 0.05) is 24.2 Å². The number of nitrogens with zero attached hydrogens (tertiary/aromatic N) is 1. The molecule has 1 heterocycles. The number of benzene rings is 2. The predicted octanol–water partition coefficient (Wildman–Crippen LogP) is 4.54. The zero-order valence-electron chi connectivity index (χ0n) is 18.6. The molecule has 1 N–H and O–H groups in total. The Labute approximate surface area is 194 Å². The van der Waals surface area contributed by atoms with Gasteiger partial charge in [-0.25, -0.2) is 0 Å². The SMILES string of the molecule is CCN1C(=S)NC(c2cc(OC)c(OCc3ccccc3)c(OC)c2)C2=C1CCCC2=O. The lowest BCUT2D eigenvalue weighted by Gasteiger charge is -2.40. The number of Topliss-reactive ketones (excluding diaryl/α,β-unsaturated/α-hetero) is 1. The molecule has 6 nitrogen and oxygen atoms in total. The van der Waals surface area contributed by atoms with Crippen LogP contribution >= 0.6 is 12.2 Å². The minimum atomic E-state index is -0.348. The Morgan fingerprint density at radius 3 is 2.41 bits per heavy atom. The smallest absolute Gasteiger partial charge is 0.203 e. The first-order chi connectivity index (χ1) is 15.6. The molecule has 0 aromatic heterocycles. The summed E-state index contributed by atoms with van der Waals surface area (Å²) in [4.78, 5) is 15.0. The summed E-state index contributed by atoms with van der Waals surface area (Å²) in [6.45, 7) is 3.16. The molecule has 1 atom stereocenters. The lowest BCUT2D eigenvalue weighted by molar-refractivity contribution is -0.116. The van der Waals surface area contributed by atoms with E-state index in [9.17, 15) is 4.79 Å². The highest BCUT2D eigenvalue weighted by Gasteiger charge is 2.37. The molecule has 32 heavy (non-hydrogen) atoms. The number of carbonyl (C=O) groups is 1. The largest absolute Gasteiger partial charge is 0.493 e. The zero-order chi connectivity index (χ0) is 22.7. The van der Waals surface area contributed by atoms with Crippen molar-refractivity contribution in [2.45, 2.75) is 38.8 Å². The van der Waals surface area contributed by atoms with E-state index in [2.05, 4.69) is 5.32 Å². The second kappa shape index (κ2) is 9.61. The molecule has 7 heteroatoms. The number of hydrogen-bond acceptors (Lipinski definition) is 5. The highest BCUT2D eigenvalue weighted by molar-refractivity contribution is 7.80. The molecule has 0 spiro atoms. The summed E-state index contributed by atoms with van der Waals surface area (Å²) in [5.41, 5.74) is 3.71. The number of hydrogen-bond donors (Lipinski definition) is 1. The van der Waals surface area contributed by atoms with Gasteiger partial charge in [-0.2, -0.15) is 0 Å². The maximum atomic E-state index is 13.0. The fourth-order valence-electron chi connectivity index (χ4n) is 4.37. The van der Waals surface area contributed by atoms with Gasteiger partial charge in [0.1, 0.15) is 6.61 Å². The molecule has 1 aliphatic carbocycles. The summed E-state index contributed by atoms with van der Waals surface area (Å²) in [6.07, 6.45) is 2.25. The normalized spacial score (nSPS) is 18.2. The van der Waals surface area contributed by atoms with Crippen molar-refractivity contribution in [1.82, 2.24) is 10.2 Å². The first-order valence-electron chi connectivity index (χ1n) is 10.8. The number of ketones is 1. The van der Waals surface area contributed by atoms with Crippen LogP contribution in [0.25, 0.3) is 0 Å². The van der Waals surface area contributed by atoms with Crippen molar-refractivity contribution in [3.8, 4) is 17.2 Å². The fourth-order valence-corrected chi connectivity index (χ4v) is 4.73.